The molecule has 4 unspecified atom stereocenters. The van der Waals surface area contributed by atoms with Gasteiger partial charge in [-0.15, -0.1) is 0 Å². The van der Waals surface area contributed by atoms with Gasteiger partial charge in [0.15, 0.2) is 18.9 Å². The molecule has 0 aromatic carbocycles. The Morgan fingerprint density at radius 2 is 0.640 bits per heavy atom. The lowest BCUT2D eigenvalue weighted by Gasteiger charge is -2.42. The average molecular weight is 1450 g/mol. The Labute approximate surface area is 578 Å². The highest BCUT2D eigenvalue weighted by atomic mass is 16.7. The predicted octanol–water partition coefficient (Wildman–Crippen LogP) is -9.36. The topological polar surface area (TPSA) is 562 Å². The van der Waals surface area contributed by atoms with E-state index in [9.17, 15) is 89.4 Å². The number of hydrogen-bond donors (Lipinski definition) is 17. The average Bonchev–Trinajstić information content (AvgIpc) is 0.824. The van der Waals surface area contributed by atoms with Crippen molar-refractivity contribution < 1.29 is 160 Å². The van der Waals surface area contributed by atoms with Crippen LogP contribution in [0.2, 0.25) is 0 Å². The molecule has 3 heterocycles. The van der Waals surface area contributed by atoms with Crippen molar-refractivity contribution in [2.45, 2.75) is 163 Å². The summed E-state index contributed by atoms with van der Waals surface area (Å²) in [6, 6.07) is -5.87. The predicted molar refractivity (Wildman–Crippen MR) is 337 cm³/mol. The molecule has 0 aromatic heterocycles. The molecule has 0 bridgehead atoms. The third-order valence-electron chi connectivity index (χ3n) is 15.0. The molecule has 100 heavy (non-hydrogen) atoms. The Kier molecular flexibility index (Phi) is 46.9. The van der Waals surface area contributed by atoms with E-state index in [2.05, 4.69) is 37.2 Å². The molecule has 0 saturated carbocycles. The van der Waals surface area contributed by atoms with E-state index in [1.807, 2.05) is 0 Å². The van der Waals surface area contributed by atoms with Gasteiger partial charge in [0.2, 0.25) is 41.4 Å². The van der Waals surface area contributed by atoms with Gasteiger partial charge in [-0.2, -0.15) is 0 Å². The van der Waals surface area contributed by atoms with Crippen LogP contribution in [-0.2, 0) is 109 Å². The minimum Gasteiger partial charge on any atom is -0.480 e. The first-order valence-electron chi connectivity index (χ1n) is 33.1. The van der Waals surface area contributed by atoms with E-state index < -0.39 is 178 Å². The van der Waals surface area contributed by atoms with Crippen LogP contribution in [0.1, 0.15) is 59.3 Å². The summed E-state index contributed by atoms with van der Waals surface area (Å²) >= 11 is 0. The number of carboxylic acid groups (broad SMARTS) is 1. The summed E-state index contributed by atoms with van der Waals surface area (Å²) in [5.41, 5.74) is 0. The van der Waals surface area contributed by atoms with Crippen LogP contribution in [0.4, 0.5) is 0 Å². The number of aliphatic hydroxyl groups is 9. The first-order valence-corrected chi connectivity index (χ1v) is 33.1. The third kappa shape index (κ3) is 36.3. The molecule has 0 spiro atoms. The summed E-state index contributed by atoms with van der Waals surface area (Å²) in [6.07, 6.45) is -14.4. The van der Waals surface area contributed by atoms with Gasteiger partial charge in [0, 0.05) is 33.9 Å². The molecular formula is C60H107N7O33. The zero-order valence-corrected chi connectivity index (χ0v) is 56.8. The minimum atomic E-state index is -1.47. The quantitative estimate of drug-likeness (QED) is 0.0252. The summed E-state index contributed by atoms with van der Waals surface area (Å²) in [7, 11) is 0. The minimum absolute atomic E-state index is 0.0161. The number of carboxylic acids is 1. The van der Waals surface area contributed by atoms with E-state index >= 15 is 0 Å². The summed E-state index contributed by atoms with van der Waals surface area (Å²) in [6.45, 7) is 2.54. The van der Waals surface area contributed by atoms with E-state index in [1.165, 1.54) is 20.8 Å². The number of rotatable bonds is 56. The molecule has 3 fully saturated rings. The zero-order valence-electron chi connectivity index (χ0n) is 56.8. The first-order chi connectivity index (χ1) is 48.0. The summed E-state index contributed by atoms with van der Waals surface area (Å²) < 4.78 is 82.2. The lowest BCUT2D eigenvalue weighted by Crippen LogP contribution is -2.64. The van der Waals surface area contributed by atoms with Crippen LogP contribution in [-0.4, -0.2) is 374 Å². The Morgan fingerprint density at radius 1 is 0.360 bits per heavy atom. The van der Waals surface area contributed by atoms with Gasteiger partial charge in [-0.1, -0.05) is 0 Å². The van der Waals surface area contributed by atoms with Crippen LogP contribution in [0.5, 0.6) is 0 Å². The van der Waals surface area contributed by atoms with E-state index in [1.54, 1.807) is 0 Å². The summed E-state index contributed by atoms with van der Waals surface area (Å²) in [5, 5.41) is 118. The molecule has 40 nitrogen and oxygen atoms in total. The monoisotopic (exact) mass is 1450 g/mol. The number of aliphatic carboxylic acids is 1. The van der Waals surface area contributed by atoms with Crippen LogP contribution in [0.3, 0.4) is 0 Å². The maximum atomic E-state index is 13.6. The zero-order chi connectivity index (χ0) is 73.6. The highest BCUT2D eigenvalue weighted by molar-refractivity contribution is 5.90. The molecule has 17 N–H and O–H groups in total. The molecule has 0 aliphatic carbocycles. The van der Waals surface area contributed by atoms with E-state index in [4.69, 9.17) is 71.1 Å². The van der Waals surface area contributed by atoms with Crippen molar-refractivity contribution in [2.24, 2.45) is 0 Å². The van der Waals surface area contributed by atoms with Gasteiger partial charge in [0.25, 0.3) is 0 Å². The number of nitrogens with one attached hydrogen (secondary N) is 7. The van der Waals surface area contributed by atoms with Gasteiger partial charge >= 0.3 is 5.97 Å². The Bertz CT molecular complexity index is 2310. The number of carbonyl (C=O) groups is 8. The van der Waals surface area contributed by atoms with Crippen molar-refractivity contribution in [2.75, 3.05) is 172 Å². The number of hydrogen-bond acceptors (Lipinski definition) is 32. The van der Waals surface area contributed by atoms with Crippen LogP contribution >= 0.6 is 0 Å². The molecule has 7 amide bonds. The maximum absolute atomic E-state index is 13.6. The molecule has 580 valence electrons. The van der Waals surface area contributed by atoms with Gasteiger partial charge in [-0.05, 0) is 38.5 Å². The number of unbranched alkanes of at least 4 members (excludes halogenated alkanes) is 2. The molecule has 0 aromatic rings. The molecule has 3 aliphatic rings. The Hall–Kier alpha value is -5.20. The Balaban J connectivity index is 1.34. The van der Waals surface area contributed by atoms with Crippen molar-refractivity contribution in [3.63, 3.8) is 0 Å². The molecule has 17 atom stereocenters. The van der Waals surface area contributed by atoms with Gasteiger partial charge in [-0.25, -0.2) is 4.79 Å². The largest absolute Gasteiger partial charge is 0.480 e. The first kappa shape index (κ1) is 89.0. The van der Waals surface area contributed by atoms with Gasteiger partial charge in [-0.3, -0.25) is 33.6 Å². The van der Waals surface area contributed by atoms with E-state index in [0.29, 0.717) is 12.8 Å². The number of aliphatic hydroxyl groups excluding tert-OH is 9. The van der Waals surface area contributed by atoms with Gasteiger partial charge < -0.3 is 159 Å². The van der Waals surface area contributed by atoms with Crippen molar-refractivity contribution in [3.8, 4) is 0 Å². The smallest absolute Gasteiger partial charge is 0.326 e. The molecule has 3 saturated heterocycles. The van der Waals surface area contributed by atoms with Crippen LogP contribution in [0, 0.1) is 0 Å². The van der Waals surface area contributed by atoms with Crippen LogP contribution in [0.25, 0.3) is 0 Å². The Morgan fingerprint density at radius 3 is 0.930 bits per heavy atom. The second-order valence-electron chi connectivity index (χ2n) is 23.0. The summed E-state index contributed by atoms with van der Waals surface area (Å²) in [4.78, 5) is 98.8. The third-order valence-corrected chi connectivity index (χ3v) is 15.0. The second kappa shape index (κ2) is 52.7. The second-order valence-corrected chi connectivity index (χ2v) is 23.0. The SMILES string of the molecule is CC(=O)N[C@H]1[C@H](OCCOCCOCCOCC(=O)NCCCC[C@H](NC(=O)[C@H](CCCCNC(=O)COCCOCCOCCOC2O[C@H](CO)C(O)[C@@H](O)[C@H]2NC(C)=O)NC(=O)COCCOCCOCCO[C@@H]2O[C@H](CO)C(O)[C@@H](O)[C@H]2NC(C)=O)C(=O)O)O[C@H](CO)C(O)[C@H]1O. The fraction of sp³-hybridized carbons (Fsp3) is 0.867. The normalized spacial score (nSPS) is 25.8. The fourth-order valence-corrected chi connectivity index (χ4v) is 9.86. The maximum Gasteiger partial charge on any atom is 0.326 e. The number of carbonyl (C=O) groups excluding carboxylic acids is 7. The van der Waals surface area contributed by atoms with E-state index in [0.717, 1.165) is 0 Å². The lowest BCUT2D eigenvalue weighted by atomic mass is 9.97. The fourth-order valence-electron chi connectivity index (χ4n) is 9.86. The molecule has 3 aliphatic heterocycles. The van der Waals surface area contributed by atoms with Crippen molar-refractivity contribution in [3.05, 3.63) is 0 Å². The highest BCUT2D eigenvalue weighted by Gasteiger charge is 2.48. The van der Waals surface area contributed by atoms with E-state index in [-0.39, 0.29) is 171 Å². The van der Waals surface area contributed by atoms with Gasteiger partial charge in [0.1, 0.15) is 105 Å². The van der Waals surface area contributed by atoms with Crippen LogP contribution < -0.4 is 37.2 Å². The molecule has 0 radical (unpaired) electrons. The van der Waals surface area contributed by atoms with Crippen molar-refractivity contribution in [1.29, 1.82) is 0 Å². The lowest BCUT2D eigenvalue weighted by molar-refractivity contribution is -0.272. The molecule has 3 rings (SSSR count). The number of amides is 7. The van der Waals surface area contributed by atoms with Crippen LogP contribution in [0.15, 0.2) is 0 Å². The standard InChI is InChI=1S/C60H107N7O33/c1-36(71)63-47-53(80)50(77)41(30-68)98-58(47)95-27-24-89-15-12-86-18-21-92-33-44(74)61-10-6-4-8-39(66-46(76)35-94-23-20-88-14-17-91-26-29-97-60-49(65-38(3)73)55(82)52(79)43(32-70)100-60)56(83)67-40(57(84)85)9-5-7-11-62-45(75)34-93-22-19-87-13-16-90-25-28-96-59-48(64-37(2)72)54(81)51(78)42(31-69)99-59/h39-43,47-55,58-60,68-70,77-82H,4-35H2,1-3H3,(H,61,74)(H,62,75)(H,63,71)(H,64,72)(H,65,73)(H,66,76)(H,67,83)(H,84,85)/t39-,40-,41+,42+,43+,47+,48+,49+,50?,51?,52?,53-,54-,55-,58?,59+,60+/m0/s1. The molecule has 40 heteroatoms. The molecular weight excluding hydrogens is 1350 g/mol. The van der Waals surface area contributed by atoms with Crippen molar-refractivity contribution in [1.82, 2.24) is 37.2 Å². The number of ether oxygens (including phenoxy) is 15. The van der Waals surface area contributed by atoms with Gasteiger partial charge in [0.05, 0.1) is 139 Å². The summed E-state index contributed by atoms with van der Waals surface area (Å²) in [5.74, 6) is -5.18. The van der Waals surface area contributed by atoms with Crippen molar-refractivity contribution >= 4 is 47.3 Å². The highest BCUT2D eigenvalue weighted by Crippen LogP contribution is 2.25.